The summed E-state index contributed by atoms with van der Waals surface area (Å²) in [4.78, 5) is 33.8. The molecule has 0 radical (unpaired) electrons. The van der Waals surface area contributed by atoms with Crippen molar-refractivity contribution in [3.8, 4) is 17.2 Å². The van der Waals surface area contributed by atoms with Crippen molar-refractivity contribution in [3.63, 3.8) is 0 Å². The van der Waals surface area contributed by atoms with Gasteiger partial charge in [-0.15, -0.1) is 0 Å². The Kier molecular flexibility index (Phi) is 6.15. The van der Waals surface area contributed by atoms with Gasteiger partial charge < -0.3 is 24.6 Å². The van der Waals surface area contributed by atoms with Gasteiger partial charge in [0.1, 0.15) is 5.75 Å². The van der Waals surface area contributed by atoms with Crippen molar-refractivity contribution in [2.24, 2.45) is 0 Å². The van der Waals surface area contributed by atoms with Crippen LogP contribution in [0.5, 0.6) is 17.2 Å². The van der Waals surface area contributed by atoms with Gasteiger partial charge in [-0.2, -0.15) is 0 Å². The lowest BCUT2D eigenvalue weighted by molar-refractivity contribution is -0.139. The molecule has 0 heterocycles. The molecule has 26 heavy (non-hydrogen) atoms. The highest BCUT2D eigenvalue weighted by molar-refractivity contribution is 6.04. The summed E-state index contributed by atoms with van der Waals surface area (Å²) in [5, 5.41) is 11.3. The van der Waals surface area contributed by atoms with Crippen LogP contribution in [-0.4, -0.2) is 36.7 Å². The number of ether oxygens (including phenoxy) is 3. The van der Waals surface area contributed by atoms with E-state index in [4.69, 9.17) is 19.3 Å². The topological polar surface area (TPSA) is 111 Å². The molecule has 0 bridgehead atoms. The van der Waals surface area contributed by atoms with Gasteiger partial charge in [0.05, 0.1) is 7.11 Å². The zero-order chi connectivity index (χ0) is 19.1. The maximum Gasteiger partial charge on any atom is 0.341 e. The van der Waals surface area contributed by atoms with E-state index in [1.807, 2.05) is 0 Å². The molecule has 0 aliphatic carbocycles. The summed E-state index contributed by atoms with van der Waals surface area (Å²) in [5.41, 5.74) is 0.810. The second kappa shape index (κ2) is 8.52. The van der Waals surface area contributed by atoms with Crippen LogP contribution in [0.1, 0.15) is 17.3 Å². The minimum Gasteiger partial charge on any atom is -0.493 e. The van der Waals surface area contributed by atoms with Crippen LogP contribution in [0.3, 0.4) is 0 Å². The third kappa shape index (κ3) is 5.23. The maximum atomic E-state index is 12.3. The SMILES string of the molecule is COc1cc(C(=O)Nc2ccc(OCC(=O)O)cc2)ccc1OC(C)=O. The number of methoxy groups -OCH3 is 1. The molecular weight excluding hydrogens is 342 g/mol. The van der Waals surface area contributed by atoms with Crippen LogP contribution in [0.15, 0.2) is 42.5 Å². The van der Waals surface area contributed by atoms with Crippen LogP contribution in [0.25, 0.3) is 0 Å². The number of amides is 1. The number of carboxylic acids is 1. The predicted octanol–water partition coefficient (Wildman–Crippen LogP) is 2.34. The lowest BCUT2D eigenvalue weighted by Gasteiger charge is -2.11. The monoisotopic (exact) mass is 359 g/mol. The quantitative estimate of drug-likeness (QED) is 0.576. The first-order valence-electron chi connectivity index (χ1n) is 7.51. The van der Waals surface area contributed by atoms with E-state index in [1.165, 1.54) is 32.2 Å². The summed E-state index contributed by atoms with van der Waals surface area (Å²) < 4.78 is 15.1. The molecule has 1 amide bonds. The molecule has 0 aliphatic rings. The Hall–Kier alpha value is -3.55. The molecule has 8 nitrogen and oxygen atoms in total. The number of rotatable bonds is 7. The normalized spacial score (nSPS) is 9.92. The second-order valence-corrected chi connectivity index (χ2v) is 5.12. The standard InChI is InChI=1S/C18H17NO7/c1-11(20)26-15-8-3-12(9-16(15)24-2)18(23)19-13-4-6-14(7-5-13)25-10-17(21)22/h3-9H,10H2,1-2H3,(H,19,23)(H,21,22). The molecule has 2 rings (SSSR count). The molecule has 2 N–H and O–H groups in total. The zero-order valence-corrected chi connectivity index (χ0v) is 14.1. The number of anilines is 1. The lowest BCUT2D eigenvalue weighted by Crippen LogP contribution is -2.13. The number of benzene rings is 2. The van der Waals surface area contributed by atoms with E-state index in [2.05, 4.69) is 5.32 Å². The van der Waals surface area contributed by atoms with E-state index in [9.17, 15) is 14.4 Å². The Morgan fingerprint density at radius 2 is 1.73 bits per heavy atom. The number of carbonyl (C=O) groups is 3. The van der Waals surface area contributed by atoms with Gasteiger partial charge in [-0.05, 0) is 42.5 Å². The minimum atomic E-state index is -1.08. The zero-order valence-electron chi connectivity index (χ0n) is 14.1. The number of hydrogen-bond acceptors (Lipinski definition) is 6. The van der Waals surface area contributed by atoms with Crippen LogP contribution < -0.4 is 19.5 Å². The molecule has 0 spiro atoms. The summed E-state index contributed by atoms with van der Waals surface area (Å²) in [6, 6.07) is 10.7. The van der Waals surface area contributed by atoms with E-state index in [-0.39, 0.29) is 11.5 Å². The molecule has 136 valence electrons. The molecule has 0 aromatic heterocycles. The van der Waals surface area contributed by atoms with Gasteiger partial charge in [0.2, 0.25) is 0 Å². The van der Waals surface area contributed by atoms with Gasteiger partial charge in [0.15, 0.2) is 18.1 Å². The smallest absolute Gasteiger partial charge is 0.341 e. The predicted molar refractivity (Wildman–Crippen MR) is 91.8 cm³/mol. The Balaban J connectivity index is 2.07. The summed E-state index contributed by atoms with van der Waals surface area (Å²) in [5.74, 6) is -1.12. The van der Waals surface area contributed by atoms with Crippen molar-refractivity contribution in [2.45, 2.75) is 6.92 Å². The van der Waals surface area contributed by atoms with Crippen LogP contribution in [-0.2, 0) is 9.59 Å². The third-order valence-electron chi connectivity index (χ3n) is 3.15. The average molecular weight is 359 g/mol. The molecule has 0 saturated heterocycles. The van der Waals surface area contributed by atoms with Crippen LogP contribution in [0.2, 0.25) is 0 Å². The summed E-state index contributed by atoms with van der Waals surface area (Å²) in [7, 11) is 1.40. The van der Waals surface area contributed by atoms with Gasteiger partial charge in [0, 0.05) is 18.2 Å². The summed E-state index contributed by atoms with van der Waals surface area (Å²) in [6.07, 6.45) is 0. The van der Waals surface area contributed by atoms with Crippen molar-refractivity contribution in [1.29, 1.82) is 0 Å². The van der Waals surface area contributed by atoms with Gasteiger partial charge in [-0.25, -0.2) is 4.79 Å². The van der Waals surface area contributed by atoms with Crippen molar-refractivity contribution in [2.75, 3.05) is 19.0 Å². The van der Waals surface area contributed by atoms with Crippen molar-refractivity contribution in [3.05, 3.63) is 48.0 Å². The van der Waals surface area contributed by atoms with Gasteiger partial charge in [0.25, 0.3) is 5.91 Å². The van der Waals surface area contributed by atoms with Gasteiger partial charge >= 0.3 is 11.9 Å². The largest absolute Gasteiger partial charge is 0.493 e. The summed E-state index contributed by atoms with van der Waals surface area (Å²) >= 11 is 0. The van der Waals surface area contributed by atoms with E-state index >= 15 is 0 Å². The fourth-order valence-electron chi connectivity index (χ4n) is 2.03. The van der Waals surface area contributed by atoms with E-state index in [0.717, 1.165) is 0 Å². The Bertz CT molecular complexity index is 815. The fraction of sp³-hybridized carbons (Fsp3) is 0.167. The van der Waals surface area contributed by atoms with E-state index in [0.29, 0.717) is 17.0 Å². The molecular formula is C18H17NO7. The lowest BCUT2D eigenvalue weighted by atomic mass is 10.2. The van der Waals surface area contributed by atoms with Crippen LogP contribution in [0.4, 0.5) is 5.69 Å². The molecule has 0 saturated carbocycles. The number of carboxylic acid groups (broad SMARTS) is 1. The molecule has 0 fully saturated rings. The van der Waals surface area contributed by atoms with E-state index in [1.54, 1.807) is 24.3 Å². The van der Waals surface area contributed by atoms with Crippen molar-refractivity contribution < 1.29 is 33.7 Å². The molecule has 2 aromatic carbocycles. The molecule has 0 atom stereocenters. The Morgan fingerprint density at radius 1 is 1.04 bits per heavy atom. The first kappa shape index (κ1) is 18.8. The van der Waals surface area contributed by atoms with Crippen molar-refractivity contribution in [1.82, 2.24) is 0 Å². The molecule has 0 unspecified atom stereocenters. The summed E-state index contributed by atoms with van der Waals surface area (Å²) in [6.45, 7) is 0.823. The maximum absolute atomic E-state index is 12.3. The Labute approximate surface area is 149 Å². The average Bonchev–Trinajstić information content (AvgIpc) is 2.60. The number of aliphatic carboxylic acids is 1. The van der Waals surface area contributed by atoms with Gasteiger partial charge in [-0.3, -0.25) is 9.59 Å². The fourth-order valence-corrected chi connectivity index (χ4v) is 2.03. The number of nitrogens with one attached hydrogen (secondary N) is 1. The molecule has 2 aromatic rings. The first-order valence-corrected chi connectivity index (χ1v) is 7.51. The third-order valence-corrected chi connectivity index (χ3v) is 3.15. The first-order chi connectivity index (χ1) is 12.4. The highest BCUT2D eigenvalue weighted by Crippen LogP contribution is 2.28. The highest BCUT2D eigenvalue weighted by atomic mass is 16.6. The Morgan fingerprint density at radius 3 is 2.31 bits per heavy atom. The minimum absolute atomic E-state index is 0.219. The molecule has 8 heteroatoms. The van der Waals surface area contributed by atoms with Gasteiger partial charge in [-0.1, -0.05) is 0 Å². The number of carbonyl (C=O) groups excluding carboxylic acids is 2. The highest BCUT2D eigenvalue weighted by Gasteiger charge is 2.13. The number of esters is 1. The molecule has 0 aliphatic heterocycles. The van der Waals surface area contributed by atoms with Crippen molar-refractivity contribution >= 4 is 23.5 Å². The number of hydrogen-bond donors (Lipinski definition) is 2. The van der Waals surface area contributed by atoms with Crippen LogP contribution >= 0.6 is 0 Å². The van der Waals surface area contributed by atoms with Crippen LogP contribution in [0, 0.1) is 0 Å². The van der Waals surface area contributed by atoms with E-state index < -0.39 is 24.5 Å². The second-order valence-electron chi connectivity index (χ2n) is 5.12.